The van der Waals surface area contributed by atoms with Crippen LogP contribution < -0.4 is 5.32 Å². The zero-order valence-corrected chi connectivity index (χ0v) is 10.9. The smallest absolute Gasteiger partial charge is 0.122 e. The van der Waals surface area contributed by atoms with E-state index in [0.717, 1.165) is 18.8 Å². The van der Waals surface area contributed by atoms with Crippen LogP contribution in [0.1, 0.15) is 43.4 Å². The molecule has 1 fully saturated rings. The molecule has 3 heteroatoms. The first-order valence-corrected chi connectivity index (χ1v) is 6.82. The summed E-state index contributed by atoms with van der Waals surface area (Å²) in [5, 5.41) is 3.19. The van der Waals surface area contributed by atoms with Gasteiger partial charge in [0.2, 0.25) is 0 Å². The summed E-state index contributed by atoms with van der Waals surface area (Å²) >= 11 is 0. The summed E-state index contributed by atoms with van der Waals surface area (Å²) in [4.78, 5) is 2.54. The topological polar surface area (TPSA) is 28.4 Å². The van der Waals surface area contributed by atoms with Gasteiger partial charge in [-0.15, -0.1) is 0 Å². The van der Waals surface area contributed by atoms with E-state index in [-0.39, 0.29) is 0 Å². The maximum Gasteiger partial charge on any atom is 0.122 e. The van der Waals surface area contributed by atoms with Gasteiger partial charge in [-0.05, 0) is 39.0 Å². The molecular formula is C14H24N2O. The molecule has 0 unspecified atom stereocenters. The van der Waals surface area contributed by atoms with E-state index in [9.17, 15) is 0 Å². The van der Waals surface area contributed by atoms with Gasteiger partial charge in [0.15, 0.2) is 0 Å². The first-order valence-electron chi connectivity index (χ1n) is 6.82. The Labute approximate surface area is 104 Å². The predicted octanol–water partition coefficient (Wildman–Crippen LogP) is 2.77. The summed E-state index contributed by atoms with van der Waals surface area (Å²) in [5.41, 5.74) is 1.30. The van der Waals surface area contributed by atoms with Crippen molar-refractivity contribution in [3.63, 3.8) is 0 Å². The minimum Gasteiger partial charge on any atom is -0.468 e. The van der Waals surface area contributed by atoms with E-state index in [2.05, 4.69) is 16.3 Å². The molecule has 0 amide bonds. The van der Waals surface area contributed by atoms with Gasteiger partial charge in [0, 0.05) is 12.1 Å². The number of hydrogen-bond acceptors (Lipinski definition) is 3. The van der Waals surface area contributed by atoms with Crippen LogP contribution in [-0.2, 0) is 13.1 Å². The maximum atomic E-state index is 5.61. The summed E-state index contributed by atoms with van der Waals surface area (Å²) in [7, 11) is 1.98. The van der Waals surface area contributed by atoms with Gasteiger partial charge >= 0.3 is 0 Å². The van der Waals surface area contributed by atoms with Crippen LogP contribution in [0.3, 0.4) is 0 Å². The van der Waals surface area contributed by atoms with E-state index in [1.807, 2.05) is 13.3 Å². The van der Waals surface area contributed by atoms with Crippen LogP contribution in [0.25, 0.3) is 0 Å². The van der Waals surface area contributed by atoms with Crippen LogP contribution in [0, 0.1) is 0 Å². The molecule has 0 bridgehead atoms. The second-order valence-electron chi connectivity index (χ2n) is 4.94. The van der Waals surface area contributed by atoms with Crippen molar-refractivity contribution in [2.45, 2.75) is 45.2 Å². The van der Waals surface area contributed by atoms with Crippen molar-refractivity contribution in [2.75, 3.05) is 20.1 Å². The highest BCUT2D eigenvalue weighted by atomic mass is 16.3. The molecule has 0 spiro atoms. The average molecular weight is 236 g/mol. The third-order valence-electron chi connectivity index (χ3n) is 3.52. The lowest BCUT2D eigenvalue weighted by atomic mass is 10.1. The number of furan rings is 1. The van der Waals surface area contributed by atoms with E-state index < -0.39 is 0 Å². The number of hydrogen-bond donors (Lipinski definition) is 1. The number of nitrogens with zero attached hydrogens (tertiary/aromatic N) is 1. The lowest BCUT2D eigenvalue weighted by Crippen LogP contribution is -2.27. The first-order chi connectivity index (χ1) is 8.40. The predicted molar refractivity (Wildman–Crippen MR) is 69.8 cm³/mol. The second-order valence-corrected chi connectivity index (χ2v) is 4.94. The molecule has 1 aromatic rings. The molecule has 17 heavy (non-hydrogen) atoms. The summed E-state index contributed by atoms with van der Waals surface area (Å²) in [6.45, 7) is 4.32. The molecular weight excluding hydrogens is 212 g/mol. The van der Waals surface area contributed by atoms with Gasteiger partial charge in [0.05, 0.1) is 12.8 Å². The van der Waals surface area contributed by atoms with Gasteiger partial charge in [-0.2, -0.15) is 0 Å². The highest BCUT2D eigenvalue weighted by molar-refractivity contribution is 5.16. The second kappa shape index (κ2) is 6.82. The Morgan fingerprint density at radius 3 is 2.59 bits per heavy atom. The maximum absolute atomic E-state index is 5.61. The molecule has 1 N–H and O–H groups in total. The van der Waals surface area contributed by atoms with Crippen LogP contribution in [0.2, 0.25) is 0 Å². The van der Waals surface area contributed by atoms with Crippen LogP contribution >= 0.6 is 0 Å². The van der Waals surface area contributed by atoms with Crippen LogP contribution in [0.5, 0.6) is 0 Å². The normalized spacial score (nSPS) is 18.9. The Balaban J connectivity index is 1.91. The molecule has 3 nitrogen and oxygen atoms in total. The molecule has 0 aromatic carbocycles. The van der Waals surface area contributed by atoms with Gasteiger partial charge in [-0.1, -0.05) is 19.3 Å². The van der Waals surface area contributed by atoms with Crippen molar-refractivity contribution in [3.8, 4) is 0 Å². The molecule has 0 radical (unpaired) electrons. The van der Waals surface area contributed by atoms with Crippen LogP contribution in [0.4, 0.5) is 0 Å². The summed E-state index contributed by atoms with van der Waals surface area (Å²) < 4.78 is 5.61. The van der Waals surface area contributed by atoms with Crippen molar-refractivity contribution in [2.24, 2.45) is 0 Å². The quantitative estimate of drug-likeness (QED) is 0.871. The largest absolute Gasteiger partial charge is 0.468 e. The molecule has 0 saturated carbocycles. The van der Waals surface area contributed by atoms with E-state index in [0.29, 0.717) is 0 Å². The molecule has 1 aliphatic rings. The first kappa shape index (κ1) is 12.7. The van der Waals surface area contributed by atoms with Crippen LogP contribution in [0.15, 0.2) is 16.7 Å². The van der Waals surface area contributed by atoms with Crippen molar-refractivity contribution < 1.29 is 4.42 Å². The lowest BCUT2D eigenvalue weighted by molar-refractivity contribution is 0.221. The molecule has 1 aromatic heterocycles. The Hall–Kier alpha value is -0.800. The third-order valence-corrected chi connectivity index (χ3v) is 3.52. The highest BCUT2D eigenvalue weighted by Gasteiger charge is 2.12. The van der Waals surface area contributed by atoms with Gasteiger partial charge in [-0.3, -0.25) is 4.90 Å². The summed E-state index contributed by atoms with van der Waals surface area (Å²) in [6, 6.07) is 2.08. The van der Waals surface area contributed by atoms with Crippen LogP contribution in [-0.4, -0.2) is 25.0 Å². The summed E-state index contributed by atoms with van der Waals surface area (Å²) in [6.07, 6.45) is 8.67. The SMILES string of the molecule is CNCc1ccoc1CN1CCCCCCC1. The summed E-state index contributed by atoms with van der Waals surface area (Å²) in [5.74, 6) is 1.14. The minimum atomic E-state index is 0.902. The number of rotatable bonds is 4. The fraction of sp³-hybridized carbons (Fsp3) is 0.714. The van der Waals surface area contributed by atoms with Gasteiger partial charge < -0.3 is 9.73 Å². The number of nitrogens with one attached hydrogen (secondary N) is 1. The fourth-order valence-corrected chi connectivity index (χ4v) is 2.53. The zero-order valence-electron chi connectivity index (χ0n) is 10.9. The van der Waals surface area contributed by atoms with Crippen molar-refractivity contribution in [3.05, 3.63) is 23.7 Å². The van der Waals surface area contributed by atoms with E-state index in [1.165, 1.54) is 50.8 Å². The van der Waals surface area contributed by atoms with Gasteiger partial charge in [-0.25, -0.2) is 0 Å². The number of likely N-dealkylation sites (tertiary alicyclic amines) is 1. The zero-order chi connectivity index (χ0) is 11.9. The highest BCUT2D eigenvalue weighted by Crippen LogP contribution is 2.16. The Morgan fingerprint density at radius 1 is 1.18 bits per heavy atom. The van der Waals surface area contributed by atoms with Crippen molar-refractivity contribution in [1.29, 1.82) is 0 Å². The van der Waals surface area contributed by atoms with Crippen molar-refractivity contribution >= 4 is 0 Å². The lowest BCUT2D eigenvalue weighted by Gasteiger charge is -2.23. The molecule has 2 rings (SSSR count). The van der Waals surface area contributed by atoms with Gasteiger partial charge in [0.1, 0.15) is 5.76 Å². The molecule has 1 aliphatic heterocycles. The standard InChI is InChI=1S/C14H24N2O/c1-15-11-13-7-10-17-14(13)12-16-8-5-3-2-4-6-9-16/h7,10,15H,2-6,8-9,11-12H2,1H3. The van der Waals surface area contributed by atoms with Crippen molar-refractivity contribution in [1.82, 2.24) is 10.2 Å². The average Bonchev–Trinajstić information content (AvgIpc) is 2.70. The molecule has 0 atom stereocenters. The molecule has 1 saturated heterocycles. The minimum absolute atomic E-state index is 0.902. The third kappa shape index (κ3) is 3.86. The fourth-order valence-electron chi connectivity index (χ4n) is 2.53. The van der Waals surface area contributed by atoms with E-state index in [1.54, 1.807) is 0 Å². The van der Waals surface area contributed by atoms with E-state index in [4.69, 9.17) is 4.42 Å². The Kier molecular flexibility index (Phi) is 5.08. The van der Waals surface area contributed by atoms with Gasteiger partial charge in [0.25, 0.3) is 0 Å². The molecule has 0 aliphatic carbocycles. The molecule has 2 heterocycles. The van der Waals surface area contributed by atoms with E-state index >= 15 is 0 Å². The Bertz CT molecular complexity index is 314. The molecule has 96 valence electrons. The Morgan fingerprint density at radius 2 is 1.88 bits per heavy atom. The monoisotopic (exact) mass is 236 g/mol.